The fraction of sp³-hybridized carbons (Fsp3) is 0.174. The van der Waals surface area contributed by atoms with Crippen LogP contribution in [0, 0.1) is 0 Å². The Morgan fingerprint density at radius 3 is 2.27 bits per heavy atom. The van der Waals surface area contributed by atoms with Crippen molar-refractivity contribution in [3.63, 3.8) is 0 Å². The van der Waals surface area contributed by atoms with E-state index in [2.05, 4.69) is 37.2 Å². The van der Waals surface area contributed by atoms with E-state index < -0.39 is 11.9 Å². The van der Waals surface area contributed by atoms with Gasteiger partial charge in [0, 0.05) is 29.1 Å². The summed E-state index contributed by atoms with van der Waals surface area (Å²) in [6, 6.07) is 16.0. The van der Waals surface area contributed by atoms with E-state index in [1.165, 1.54) is 5.57 Å². The van der Waals surface area contributed by atoms with Crippen LogP contribution in [0.1, 0.15) is 31.9 Å². The largest absolute Gasteiger partial charge is 0.478 e. The van der Waals surface area contributed by atoms with Crippen LogP contribution in [-0.4, -0.2) is 27.3 Å². The lowest BCUT2D eigenvalue weighted by Crippen LogP contribution is -2.10. The van der Waals surface area contributed by atoms with Gasteiger partial charge >= 0.3 is 11.9 Å². The van der Waals surface area contributed by atoms with Gasteiger partial charge in [-0.1, -0.05) is 53.2 Å². The minimum atomic E-state index is -1.26. The molecule has 0 amide bonds. The van der Waals surface area contributed by atoms with Crippen molar-refractivity contribution in [3.8, 4) is 11.3 Å². The molecule has 0 fully saturated rings. The molecule has 7 heteroatoms. The number of carbonyl (C=O) groups is 2. The van der Waals surface area contributed by atoms with E-state index in [0.29, 0.717) is 12.2 Å². The summed E-state index contributed by atoms with van der Waals surface area (Å²) in [5.74, 6) is -2.51. The summed E-state index contributed by atoms with van der Waals surface area (Å²) in [6.45, 7) is 4.17. The molecule has 156 valence electrons. The highest BCUT2D eigenvalue weighted by Gasteiger charge is 2.16. The normalized spacial score (nSPS) is 11.6. The number of benzene rings is 2. The Balaban J connectivity index is 0.000000343. The summed E-state index contributed by atoms with van der Waals surface area (Å²) in [5.41, 5.74) is 11.5. The van der Waals surface area contributed by atoms with Crippen LogP contribution in [0.15, 0.2) is 76.9 Å². The molecule has 1 aromatic heterocycles. The first-order valence-corrected chi connectivity index (χ1v) is 9.26. The molecule has 3 rings (SSSR count). The van der Waals surface area contributed by atoms with Gasteiger partial charge in [0.25, 0.3) is 0 Å². The van der Waals surface area contributed by atoms with Crippen molar-refractivity contribution < 1.29 is 24.3 Å². The minimum absolute atomic E-state index is 0.0541. The van der Waals surface area contributed by atoms with Crippen LogP contribution in [0.3, 0.4) is 0 Å². The van der Waals surface area contributed by atoms with Crippen LogP contribution in [0.4, 0.5) is 0 Å². The molecule has 0 aliphatic heterocycles. The smallest absolute Gasteiger partial charge is 0.328 e. The third-order valence-electron chi connectivity index (χ3n) is 4.14. The van der Waals surface area contributed by atoms with E-state index in [0.717, 1.165) is 34.2 Å². The molecule has 3 aromatic rings. The van der Waals surface area contributed by atoms with Crippen LogP contribution in [0.25, 0.3) is 22.2 Å². The van der Waals surface area contributed by atoms with Crippen molar-refractivity contribution in [2.45, 2.75) is 26.3 Å². The number of carboxylic acids is 2. The molecule has 2 aromatic carbocycles. The van der Waals surface area contributed by atoms with E-state index in [-0.39, 0.29) is 6.04 Å². The average molecular weight is 408 g/mol. The maximum Gasteiger partial charge on any atom is 0.328 e. The van der Waals surface area contributed by atoms with Gasteiger partial charge in [-0.3, -0.25) is 0 Å². The van der Waals surface area contributed by atoms with E-state index >= 15 is 0 Å². The Morgan fingerprint density at radius 1 is 1.03 bits per heavy atom. The molecule has 0 bridgehead atoms. The molecule has 0 aliphatic rings. The van der Waals surface area contributed by atoms with Gasteiger partial charge in [0.2, 0.25) is 0 Å². The van der Waals surface area contributed by atoms with Crippen LogP contribution in [-0.2, 0) is 9.59 Å². The molecule has 0 saturated carbocycles. The Bertz CT molecular complexity index is 1060. The third-order valence-corrected chi connectivity index (χ3v) is 4.14. The fourth-order valence-electron chi connectivity index (χ4n) is 2.75. The molecular formula is C23H24N2O5. The maximum atomic E-state index is 9.55. The standard InChI is InChI=1S/C19H20N2O.C4H4O4/c1-13(2)11-12-17(20)14-7-3-4-8-15(14)19-16-9-5-6-10-18(16)22-21-19;5-3(6)1-2-4(7)8/h3-11,17H,12,20H2,1-2H3;1-2H,(H,5,6)(H,7,8)/b;2-1-. The summed E-state index contributed by atoms with van der Waals surface area (Å²) in [7, 11) is 0. The van der Waals surface area contributed by atoms with Crippen molar-refractivity contribution in [1.82, 2.24) is 5.16 Å². The number of fused-ring (bicyclic) bond motifs is 1. The van der Waals surface area contributed by atoms with Crippen LogP contribution in [0.2, 0.25) is 0 Å². The lowest BCUT2D eigenvalue weighted by molar-refractivity contribution is -0.134. The number of hydrogen-bond acceptors (Lipinski definition) is 5. The maximum absolute atomic E-state index is 9.55. The lowest BCUT2D eigenvalue weighted by atomic mass is 9.95. The third kappa shape index (κ3) is 6.42. The molecule has 0 saturated heterocycles. The number of nitrogens with two attached hydrogens (primary N) is 1. The van der Waals surface area contributed by atoms with Crippen LogP contribution < -0.4 is 5.73 Å². The quantitative estimate of drug-likeness (QED) is 0.403. The minimum Gasteiger partial charge on any atom is -0.478 e. The van der Waals surface area contributed by atoms with Crippen LogP contribution in [0.5, 0.6) is 0 Å². The number of nitrogens with zero attached hydrogens (tertiary/aromatic N) is 1. The summed E-state index contributed by atoms with van der Waals surface area (Å²) in [4.78, 5) is 19.1. The van der Waals surface area contributed by atoms with E-state index in [1.54, 1.807) is 0 Å². The highest BCUT2D eigenvalue weighted by molar-refractivity contribution is 5.92. The van der Waals surface area contributed by atoms with Gasteiger partial charge in [0.15, 0.2) is 5.58 Å². The van der Waals surface area contributed by atoms with Crippen molar-refractivity contribution in [3.05, 3.63) is 77.9 Å². The average Bonchev–Trinajstić information content (AvgIpc) is 3.15. The molecule has 0 spiro atoms. The summed E-state index contributed by atoms with van der Waals surface area (Å²) >= 11 is 0. The first-order valence-electron chi connectivity index (χ1n) is 9.26. The zero-order chi connectivity index (χ0) is 22.1. The molecule has 0 radical (unpaired) electrons. The number of aromatic nitrogens is 1. The second-order valence-electron chi connectivity index (χ2n) is 6.75. The second kappa shape index (κ2) is 10.7. The van der Waals surface area contributed by atoms with Gasteiger partial charge in [-0.25, -0.2) is 9.59 Å². The Labute approximate surface area is 174 Å². The second-order valence-corrected chi connectivity index (χ2v) is 6.75. The number of rotatable bonds is 6. The topological polar surface area (TPSA) is 127 Å². The molecule has 7 nitrogen and oxygen atoms in total. The predicted octanol–water partition coefficient (Wildman–Crippen LogP) is 4.56. The molecule has 1 atom stereocenters. The predicted molar refractivity (Wildman–Crippen MR) is 115 cm³/mol. The summed E-state index contributed by atoms with van der Waals surface area (Å²) < 4.78 is 5.43. The van der Waals surface area contributed by atoms with Gasteiger partial charge in [0.1, 0.15) is 5.69 Å². The summed E-state index contributed by atoms with van der Waals surface area (Å²) in [5, 5.41) is 20.9. The Kier molecular flexibility index (Phi) is 8.08. The molecule has 30 heavy (non-hydrogen) atoms. The zero-order valence-electron chi connectivity index (χ0n) is 16.8. The Morgan fingerprint density at radius 2 is 1.63 bits per heavy atom. The van der Waals surface area contributed by atoms with Gasteiger partial charge < -0.3 is 20.5 Å². The van der Waals surface area contributed by atoms with Crippen molar-refractivity contribution in [1.29, 1.82) is 0 Å². The highest BCUT2D eigenvalue weighted by atomic mass is 16.5. The molecule has 4 N–H and O–H groups in total. The monoisotopic (exact) mass is 408 g/mol. The van der Waals surface area contributed by atoms with E-state index in [1.807, 2.05) is 36.4 Å². The molecule has 1 heterocycles. The van der Waals surface area contributed by atoms with Gasteiger partial charge in [-0.15, -0.1) is 0 Å². The number of carboxylic acid groups (broad SMARTS) is 2. The van der Waals surface area contributed by atoms with Crippen molar-refractivity contribution >= 4 is 22.9 Å². The molecule has 1 unspecified atom stereocenters. The van der Waals surface area contributed by atoms with Gasteiger partial charge in [0.05, 0.1) is 0 Å². The first kappa shape index (κ1) is 22.6. The van der Waals surface area contributed by atoms with Crippen LogP contribution >= 0.6 is 0 Å². The molecule has 0 aliphatic carbocycles. The fourth-order valence-corrected chi connectivity index (χ4v) is 2.75. The number of para-hydroxylation sites is 1. The number of aliphatic carboxylic acids is 2. The lowest BCUT2D eigenvalue weighted by Gasteiger charge is -2.14. The summed E-state index contributed by atoms with van der Waals surface area (Å²) in [6.07, 6.45) is 4.10. The number of allylic oxidation sites excluding steroid dienone is 1. The molecular weight excluding hydrogens is 384 g/mol. The van der Waals surface area contributed by atoms with E-state index in [4.69, 9.17) is 20.5 Å². The SMILES string of the molecule is CC(C)=CCC(N)c1ccccc1-c1noc2ccccc12.O=C(O)/C=C\C(=O)O. The van der Waals surface area contributed by atoms with Crippen molar-refractivity contribution in [2.75, 3.05) is 0 Å². The van der Waals surface area contributed by atoms with Crippen molar-refractivity contribution in [2.24, 2.45) is 5.73 Å². The number of hydrogen-bond donors (Lipinski definition) is 3. The van der Waals surface area contributed by atoms with Gasteiger partial charge in [-0.05, 0) is 38.0 Å². The zero-order valence-corrected chi connectivity index (χ0v) is 16.8. The highest BCUT2D eigenvalue weighted by Crippen LogP contribution is 2.33. The van der Waals surface area contributed by atoms with E-state index in [9.17, 15) is 9.59 Å². The Hall–Kier alpha value is -3.71. The first-order chi connectivity index (χ1) is 14.3. The van der Waals surface area contributed by atoms with Gasteiger partial charge in [-0.2, -0.15) is 0 Å².